The summed E-state index contributed by atoms with van der Waals surface area (Å²) >= 11 is 6.97. The minimum Gasteiger partial charge on any atom is -0.223 e. The van der Waals surface area contributed by atoms with Crippen LogP contribution in [0.25, 0.3) is 0 Å². The number of thiophene rings is 1. The highest BCUT2D eigenvalue weighted by atomic mass is 35.5. The molecule has 1 atom stereocenters. The zero-order valence-corrected chi connectivity index (χ0v) is 17.5. The fraction of sp³-hybridized carbons (Fsp3) is 0.111. The molecule has 28 heavy (non-hydrogen) atoms. The molecule has 0 saturated heterocycles. The summed E-state index contributed by atoms with van der Waals surface area (Å²) < 4.78 is 66.7. The summed E-state index contributed by atoms with van der Waals surface area (Å²) in [4.78, 5) is 0.363. The van der Waals surface area contributed by atoms with Crippen molar-refractivity contribution in [1.82, 2.24) is 4.72 Å². The summed E-state index contributed by atoms with van der Waals surface area (Å²) in [5.74, 6) is -0.560. The van der Waals surface area contributed by atoms with E-state index in [1.165, 1.54) is 47.7 Å². The molecule has 0 spiro atoms. The highest BCUT2D eigenvalue weighted by molar-refractivity contribution is 7.92. The van der Waals surface area contributed by atoms with Gasteiger partial charge in [-0.3, -0.25) is 0 Å². The zero-order valence-electron chi connectivity index (χ0n) is 14.2. The molecular formula is C18H15ClFNO4S3. The third kappa shape index (κ3) is 4.61. The smallest absolute Gasteiger partial charge is 0.223 e. The van der Waals surface area contributed by atoms with Gasteiger partial charge in [-0.2, -0.15) is 0 Å². The molecule has 3 rings (SSSR count). The van der Waals surface area contributed by atoms with Gasteiger partial charge in [0.05, 0.1) is 9.79 Å². The first-order chi connectivity index (χ1) is 13.2. The molecule has 0 aliphatic carbocycles. The van der Waals surface area contributed by atoms with Crippen LogP contribution < -0.4 is 4.72 Å². The fourth-order valence-electron chi connectivity index (χ4n) is 2.51. The normalized spacial score (nSPS) is 13.4. The van der Waals surface area contributed by atoms with Crippen LogP contribution in [0.2, 0.25) is 5.02 Å². The van der Waals surface area contributed by atoms with E-state index >= 15 is 0 Å². The lowest BCUT2D eigenvalue weighted by Crippen LogP contribution is -2.31. The molecule has 10 heteroatoms. The second-order valence-electron chi connectivity index (χ2n) is 5.81. The Bertz CT molecular complexity index is 1140. The lowest BCUT2D eigenvalue weighted by molar-refractivity contribution is 0.569. The summed E-state index contributed by atoms with van der Waals surface area (Å²) in [5.41, 5.74) is 0. The van der Waals surface area contributed by atoms with Gasteiger partial charge >= 0.3 is 0 Å². The van der Waals surface area contributed by atoms with Crippen LogP contribution in [0.15, 0.2) is 75.8 Å². The quantitative estimate of drug-likeness (QED) is 0.541. The molecule has 0 aliphatic rings. The monoisotopic (exact) mass is 459 g/mol. The van der Waals surface area contributed by atoms with Crippen molar-refractivity contribution < 1.29 is 21.2 Å². The third-order valence-corrected chi connectivity index (χ3v) is 8.89. The molecule has 3 aromatic rings. The van der Waals surface area contributed by atoms with E-state index in [9.17, 15) is 21.2 Å². The van der Waals surface area contributed by atoms with Crippen LogP contribution in [0.3, 0.4) is 0 Å². The molecule has 148 valence electrons. The molecule has 1 heterocycles. The average Bonchev–Trinajstić information content (AvgIpc) is 3.16. The van der Waals surface area contributed by atoms with Crippen molar-refractivity contribution in [3.63, 3.8) is 0 Å². The molecule has 0 aliphatic heterocycles. The molecule has 0 bridgehead atoms. The third-order valence-electron chi connectivity index (χ3n) is 3.96. The standard InChI is InChI=1S/C18H15ClFNO4S3/c19-13-3-7-16(8-4-13)28(24,25)21-12-18(17-2-1-11-26-17)27(22,23)15-9-5-14(20)6-10-15/h1-11,18,21H,12H2/t18-/m1/s1. The van der Waals surface area contributed by atoms with Crippen LogP contribution in [0.5, 0.6) is 0 Å². The second-order valence-corrected chi connectivity index (χ2v) is 11.1. The van der Waals surface area contributed by atoms with E-state index in [0.29, 0.717) is 9.90 Å². The first-order valence-electron chi connectivity index (χ1n) is 7.98. The Hall–Kier alpha value is -1.78. The summed E-state index contributed by atoms with van der Waals surface area (Å²) in [5, 5.41) is 0.935. The number of halogens is 2. The number of nitrogens with one attached hydrogen (secondary N) is 1. The maximum absolute atomic E-state index is 13.2. The molecule has 5 nitrogen and oxygen atoms in total. The minimum absolute atomic E-state index is 0.0268. The number of hydrogen-bond donors (Lipinski definition) is 1. The Labute approximate surface area is 171 Å². The Morgan fingerprint density at radius 2 is 1.54 bits per heavy atom. The maximum atomic E-state index is 13.2. The summed E-state index contributed by atoms with van der Waals surface area (Å²) in [6, 6.07) is 13.3. The van der Waals surface area contributed by atoms with Crippen molar-refractivity contribution in [3.05, 3.63) is 81.8 Å². The lowest BCUT2D eigenvalue weighted by Gasteiger charge is -2.17. The second kappa shape index (κ2) is 8.30. The number of benzene rings is 2. The first kappa shape index (κ1) is 20.9. The molecule has 1 N–H and O–H groups in total. The van der Waals surface area contributed by atoms with Crippen LogP contribution in [0.4, 0.5) is 4.39 Å². The number of hydrogen-bond acceptors (Lipinski definition) is 5. The topological polar surface area (TPSA) is 80.3 Å². The Morgan fingerprint density at radius 3 is 2.11 bits per heavy atom. The predicted octanol–water partition coefficient (Wildman–Crippen LogP) is 4.03. The van der Waals surface area contributed by atoms with E-state index in [0.717, 1.165) is 12.1 Å². The van der Waals surface area contributed by atoms with Crippen molar-refractivity contribution in [2.45, 2.75) is 15.0 Å². The summed E-state index contributed by atoms with van der Waals surface area (Å²) in [6.07, 6.45) is 0. The molecule has 2 aromatic carbocycles. The van der Waals surface area contributed by atoms with Gasteiger partial charge in [0.15, 0.2) is 9.84 Å². The average molecular weight is 460 g/mol. The molecule has 0 radical (unpaired) electrons. The Balaban J connectivity index is 1.91. The molecule has 0 unspecified atom stereocenters. The SMILES string of the molecule is O=S(=O)(NC[C@H](c1cccs1)S(=O)(=O)c1ccc(F)cc1)c1ccc(Cl)cc1. The first-order valence-corrected chi connectivity index (χ1v) is 12.3. The van der Waals surface area contributed by atoms with Gasteiger partial charge in [0.2, 0.25) is 10.0 Å². The largest absolute Gasteiger partial charge is 0.240 e. The molecule has 0 saturated carbocycles. The van der Waals surface area contributed by atoms with Crippen molar-refractivity contribution in [2.75, 3.05) is 6.54 Å². The summed E-state index contributed by atoms with van der Waals surface area (Å²) in [6.45, 7) is -0.370. The van der Waals surface area contributed by atoms with Crippen LogP contribution in [0, 0.1) is 5.82 Å². The Morgan fingerprint density at radius 1 is 0.929 bits per heavy atom. The van der Waals surface area contributed by atoms with Gasteiger partial charge < -0.3 is 0 Å². The van der Waals surface area contributed by atoms with Crippen molar-refractivity contribution in [1.29, 1.82) is 0 Å². The molecule has 1 aromatic heterocycles. The fourth-order valence-corrected chi connectivity index (χ4v) is 6.57. The van der Waals surface area contributed by atoms with E-state index in [4.69, 9.17) is 11.6 Å². The highest BCUT2D eigenvalue weighted by Gasteiger charge is 2.31. The van der Waals surface area contributed by atoms with E-state index in [1.54, 1.807) is 17.5 Å². The molecule has 0 fully saturated rings. The van der Waals surface area contributed by atoms with Crippen LogP contribution in [0.1, 0.15) is 10.1 Å². The Kier molecular flexibility index (Phi) is 6.21. The summed E-state index contributed by atoms with van der Waals surface area (Å²) in [7, 11) is -7.90. The number of sulfone groups is 1. The van der Waals surface area contributed by atoms with Crippen molar-refractivity contribution >= 4 is 42.8 Å². The van der Waals surface area contributed by atoms with E-state index < -0.39 is 30.9 Å². The number of rotatable bonds is 7. The molecular weight excluding hydrogens is 445 g/mol. The zero-order chi connectivity index (χ0) is 20.4. The van der Waals surface area contributed by atoms with Crippen LogP contribution in [-0.2, 0) is 19.9 Å². The van der Waals surface area contributed by atoms with Gasteiger partial charge in [-0.1, -0.05) is 17.7 Å². The maximum Gasteiger partial charge on any atom is 0.240 e. The molecule has 0 amide bonds. The highest BCUT2D eigenvalue weighted by Crippen LogP contribution is 2.32. The van der Waals surface area contributed by atoms with Crippen LogP contribution >= 0.6 is 22.9 Å². The van der Waals surface area contributed by atoms with E-state index in [2.05, 4.69) is 4.72 Å². The van der Waals surface area contributed by atoms with Crippen molar-refractivity contribution in [3.8, 4) is 0 Å². The van der Waals surface area contributed by atoms with Gasteiger partial charge in [-0.05, 0) is 60.0 Å². The van der Waals surface area contributed by atoms with Gasteiger partial charge in [0.25, 0.3) is 0 Å². The lowest BCUT2D eigenvalue weighted by atomic mass is 10.3. The minimum atomic E-state index is -3.96. The van der Waals surface area contributed by atoms with Gasteiger partial charge in [0, 0.05) is 16.4 Å². The van der Waals surface area contributed by atoms with Gasteiger partial charge in [0.1, 0.15) is 11.1 Å². The van der Waals surface area contributed by atoms with Gasteiger partial charge in [-0.15, -0.1) is 11.3 Å². The van der Waals surface area contributed by atoms with E-state index in [1.807, 2.05) is 0 Å². The van der Waals surface area contributed by atoms with E-state index in [-0.39, 0.29) is 16.3 Å². The predicted molar refractivity (Wildman–Crippen MR) is 107 cm³/mol. The van der Waals surface area contributed by atoms with Crippen LogP contribution in [-0.4, -0.2) is 23.4 Å². The van der Waals surface area contributed by atoms with Crippen molar-refractivity contribution in [2.24, 2.45) is 0 Å². The van der Waals surface area contributed by atoms with Gasteiger partial charge in [-0.25, -0.2) is 25.9 Å². The number of sulfonamides is 1.